The van der Waals surface area contributed by atoms with Gasteiger partial charge in [0.1, 0.15) is 5.75 Å². The number of piperidine rings is 1. The molecule has 0 bridgehead atoms. The van der Waals surface area contributed by atoms with Gasteiger partial charge in [0, 0.05) is 25.3 Å². The van der Waals surface area contributed by atoms with Gasteiger partial charge in [-0.05, 0) is 37.8 Å². The molecule has 18 heavy (non-hydrogen) atoms. The molecule has 2 rings (SSSR count). The van der Waals surface area contributed by atoms with Crippen molar-refractivity contribution >= 4 is 5.91 Å². The molecule has 0 radical (unpaired) electrons. The lowest BCUT2D eigenvalue weighted by Crippen LogP contribution is -2.45. The maximum absolute atomic E-state index is 12.3. The molecule has 2 atom stereocenters. The van der Waals surface area contributed by atoms with Gasteiger partial charge in [-0.15, -0.1) is 0 Å². The van der Waals surface area contributed by atoms with Crippen LogP contribution in [0.3, 0.4) is 0 Å². The Morgan fingerprint density at radius 3 is 3.11 bits per heavy atom. The van der Waals surface area contributed by atoms with Crippen molar-refractivity contribution in [2.24, 2.45) is 11.7 Å². The molecular weight excluding hydrogens is 230 g/mol. The second-order valence-corrected chi connectivity index (χ2v) is 4.88. The highest BCUT2D eigenvalue weighted by atomic mass is 16.3. The predicted molar refractivity (Wildman–Crippen MR) is 68.2 cm³/mol. The summed E-state index contributed by atoms with van der Waals surface area (Å²) in [6, 6.07) is 3.17. The molecule has 1 fully saturated rings. The lowest BCUT2D eigenvalue weighted by molar-refractivity contribution is 0.0651. The van der Waals surface area contributed by atoms with E-state index in [9.17, 15) is 9.90 Å². The van der Waals surface area contributed by atoms with Crippen LogP contribution >= 0.6 is 0 Å². The molecule has 1 aliphatic heterocycles. The smallest absolute Gasteiger partial charge is 0.276 e. The number of hydrogen-bond acceptors (Lipinski definition) is 4. The highest BCUT2D eigenvalue weighted by Gasteiger charge is 2.28. The first kappa shape index (κ1) is 12.8. The van der Waals surface area contributed by atoms with Crippen molar-refractivity contribution in [2.75, 3.05) is 13.1 Å². The molecule has 98 valence electrons. The number of pyridine rings is 1. The van der Waals surface area contributed by atoms with Crippen molar-refractivity contribution in [2.45, 2.75) is 25.8 Å². The monoisotopic (exact) mass is 249 g/mol. The summed E-state index contributed by atoms with van der Waals surface area (Å²) >= 11 is 0. The van der Waals surface area contributed by atoms with Gasteiger partial charge in [-0.1, -0.05) is 0 Å². The Kier molecular flexibility index (Phi) is 3.81. The van der Waals surface area contributed by atoms with E-state index >= 15 is 0 Å². The Labute approximate surface area is 107 Å². The summed E-state index contributed by atoms with van der Waals surface area (Å²) < 4.78 is 0. The Morgan fingerprint density at radius 2 is 2.44 bits per heavy atom. The minimum atomic E-state index is -0.210. The first-order valence-corrected chi connectivity index (χ1v) is 6.28. The van der Waals surface area contributed by atoms with Gasteiger partial charge in [-0.3, -0.25) is 4.79 Å². The summed E-state index contributed by atoms with van der Waals surface area (Å²) in [5, 5.41) is 9.65. The Morgan fingerprint density at radius 1 is 1.67 bits per heavy atom. The number of nitrogens with zero attached hydrogens (tertiary/aromatic N) is 2. The average molecular weight is 249 g/mol. The summed E-state index contributed by atoms with van der Waals surface area (Å²) in [6.45, 7) is 3.32. The quantitative estimate of drug-likeness (QED) is 0.819. The lowest BCUT2D eigenvalue weighted by Gasteiger charge is -2.34. The van der Waals surface area contributed by atoms with E-state index in [1.165, 1.54) is 12.3 Å². The van der Waals surface area contributed by atoms with Gasteiger partial charge in [0.2, 0.25) is 0 Å². The number of nitrogens with two attached hydrogens (primary N) is 1. The fourth-order valence-electron chi connectivity index (χ4n) is 2.33. The summed E-state index contributed by atoms with van der Waals surface area (Å²) in [5.41, 5.74) is 6.02. The third kappa shape index (κ3) is 2.61. The second kappa shape index (κ2) is 5.35. The minimum absolute atomic E-state index is 0.0644. The van der Waals surface area contributed by atoms with Gasteiger partial charge in [-0.25, -0.2) is 4.98 Å². The molecule has 1 saturated heterocycles. The van der Waals surface area contributed by atoms with Crippen molar-refractivity contribution in [3.8, 4) is 5.75 Å². The van der Waals surface area contributed by atoms with Crippen molar-refractivity contribution in [3.05, 3.63) is 24.0 Å². The van der Waals surface area contributed by atoms with Crippen LogP contribution in [0.1, 0.15) is 30.3 Å². The molecule has 1 amide bonds. The first-order valence-electron chi connectivity index (χ1n) is 6.28. The molecule has 1 aromatic heterocycles. The van der Waals surface area contributed by atoms with Crippen LogP contribution in [0, 0.1) is 5.92 Å². The van der Waals surface area contributed by atoms with Gasteiger partial charge in [0.05, 0.1) is 0 Å². The number of aromatic nitrogens is 1. The number of amides is 1. The molecular formula is C13H19N3O2. The summed E-state index contributed by atoms with van der Waals surface area (Å²) in [6.07, 6.45) is 3.52. The van der Waals surface area contributed by atoms with E-state index in [1.807, 2.05) is 6.92 Å². The molecule has 2 unspecified atom stereocenters. The van der Waals surface area contributed by atoms with Crippen LogP contribution in [0.25, 0.3) is 0 Å². The van der Waals surface area contributed by atoms with Crippen LogP contribution in [-0.2, 0) is 0 Å². The standard InChI is InChI=1S/C13H19N3O2/c1-9(14)10-4-3-7-16(8-10)13(18)12-11(17)5-2-6-15-12/h2,5-6,9-10,17H,3-4,7-8,14H2,1H3. The number of hydrogen-bond donors (Lipinski definition) is 2. The van der Waals surface area contributed by atoms with Gasteiger partial charge >= 0.3 is 0 Å². The zero-order chi connectivity index (χ0) is 13.1. The molecule has 5 heteroatoms. The molecule has 2 heterocycles. The number of carbonyl (C=O) groups is 1. The third-order valence-electron chi connectivity index (χ3n) is 3.48. The third-order valence-corrected chi connectivity index (χ3v) is 3.48. The van der Waals surface area contributed by atoms with Crippen LogP contribution < -0.4 is 5.73 Å². The van der Waals surface area contributed by atoms with Crippen LogP contribution in [0.2, 0.25) is 0 Å². The molecule has 0 saturated carbocycles. The van der Waals surface area contributed by atoms with Gasteiger partial charge in [0.15, 0.2) is 5.69 Å². The number of carbonyl (C=O) groups excluding carboxylic acids is 1. The molecule has 0 aromatic carbocycles. The van der Waals surface area contributed by atoms with Crippen LogP contribution in [0.4, 0.5) is 0 Å². The highest BCUT2D eigenvalue weighted by Crippen LogP contribution is 2.22. The summed E-state index contributed by atoms with van der Waals surface area (Å²) in [4.78, 5) is 17.9. The van der Waals surface area contributed by atoms with Gasteiger partial charge in [-0.2, -0.15) is 0 Å². The zero-order valence-corrected chi connectivity index (χ0v) is 10.5. The average Bonchev–Trinajstić information content (AvgIpc) is 2.38. The summed E-state index contributed by atoms with van der Waals surface area (Å²) in [7, 11) is 0. The van der Waals surface area contributed by atoms with Gasteiger partial charge < -0.3 is 15.7 Å². The minimum Gasteiger partial charge on any atom is -0.505 e. The van der Waals surface area contributed by atoms with Crippen LogP contribution in [0.5, 0.6) is 5.75 Å². The molecule has 0 spiro atoms. The molecule has 0 aliphatic carbocycles. The normalized spacial score (nSPS) is 21.7. The van der Waals surface area contributed by atoms with Crippen molar-refractivity contribution in [3.63, 3.8) is 0 Å². The lowest BCUT2D eigenvalue weighted by atomic mass is 9.92. The topological polar surface area (TPSA) is 79.5 Å². The summed E-state index contributed by atoms with van der Waals surface area (Å²) in [5.74, 6) is 0.0532. The van der Waals surface area contributed by atoms with Crippen molar-refractivity contribution in [1.82, 2.24) is 9.88 Å². The van der Waals surface area contributed by atoms with E-state index in [4.69, 9.17) is 5.73 Å². The number of likely N-dealkylation sites (tertiary alicyclic amines) is 1. The molecule has 1 aromatic rings. The van der Waals surface area contributed by atoms with Crippen LogP contribution in [-0.4, -0.2) is 40.0 Å². The number of rotatable bonds is 2. The fraction of sp³-hybridized carbons (Fsp3) is 0.538. The maximum Gasteiger partial charge on any atom is 0.276 e. The SMILES string of the molecule is CC(N)C1CCCN(C(=O)c2ncccc2O)C1. The van der Waals surface area contributed by atoms with Crippen LogP contribution in [0.15, 0.2) is 18.3 Å². The highest BCUT2D eigenvalue weighted by molar-refractivity contribution is 5.94. The Balaban J connectivity index is 2.12. The molecule has 5 nitrogen and oxygen atoms in total. The first-order chi connectivity index (χ1) is 8.59. The van der Waals surface area contributed by atoms with Gasteiger partial charge in [0.25, 0.3) is 5.91 Å². The zero-order valence-electron chi connectivity index (χ0n) is 10.5. The predicted octanol–water partition coefficient (Wildman–Crippen LogP) is 0.987. The Bertz CT molecular complexity index is 434. The van der Waals surface area contributed by atoms with Crippen molar-refractivity contribution in [1.29, 1.82) is 0 Å². The van der Waals surface area contributed by atoms with E-state index in [0.29, 0.717) is 19.0 Å². The molecule has 3 N–H and O–H groups in total. The Hall–Kier alpha value is -1.62. The largest absolute Gasteiger partial charge is 0.505 e. The van der Waals surface area contributed by atoms with E-state index in [2.05, 4.69) is 4.98 Å². The van der Waals surface area contributed by atoms with E-state index in [0.717, 1.165) is 12.8 Å². The maximum atomic E-state index is 12.3. The van der Waals surface area contributed by atoms with Crippen molar-refractivity contribution < 1.29 is 9.90 Å². The fourth-order valence-corrected chi connectivity index (χ4v) is 2.33. The van der Waals surface area contributed by atoms with E-state index in [1.54, 1.807) is 11.0 Å². The van der Waals surface area contributed by atoms with E-state index in [-0.39, 0.29) is 23.4 Å². The number of aromatic hydroxyl groups is 1. The second-order valence-electron chi connectivity index (χ2n) is 4.88. The van der Waals surface area contributed by atoms with E-state index < -0.39 is 0 Å². The molecule has 1 aliphatic rings.